The van der Waals surface area contributed by atoms with E-state index in [0.29, 0.717) is 6.42 Å². The lowest BCUT2D eigenvalue weighted by Crippen LogP contribution is -2.55. The Balaban J connectivity index is 2.81. The molecule has 23 heavy (non-hydrogen) atoms. The maximum Gasteiger partial charge on any atom is 0.451 e. The van der Waals surface area contributed by atoms with Crippen LogP contribution in [0, 0.1) is 5.92 Å². The number of nitrogens with one attached hydrogen (secondary N) is 1. The second-order valence-electron chi connectivity index (χ2n) is 6.08. The molecule has 1 saturated heterocycles. The zero-order valence-corrected chi connectivity index (χ0v) is 13.9. The average molecular weight is 352 g/mol. The highest BCUT2D eigenvalue weighted by atomic mass is 32.2. The molecule has 0 aromatic heterocycles. The van der Waals surface area contributed by atoms with Gasteiger partial charge in [0.25, 0.3) is 10.2 Å². The van der Waals surface area contributed by atoms with Crippen LogP contribution in [0.3, 0.4) is 0 Å². The Kier molecular flexibility index (Phi) is 6.95. The molecule has 0 saturated carbocycles. The third kappa shape index (κ3) is 5.38. The number of nitrogens with two attached hydrogens (primary N) is 2. The molecule has 0 aromatic rings. The van der Waals surface area contributed by atoms with Gasteiger partial charge in [-0.1, -0.05) is 6.42 Å². The van der Waals surface area contributed by atoms with Crippen molar-refractivity contribution in [2.24, 2.45) is 17.4 Å². The highest BCUT2D eigenvalue weighted by Gasteiger charge is 2.52. The van der Waals surface area contributed by atoms with Crippen molar-refractivity contribution in [3.05, 3.63) is 0 Å². The fourth-order valence-corrected chi connectivity index (χ4v) is 3.96. The van der Waals surface area contributed by atoms with Crippen LogP contribution < -0.4 is 16.2 Å². The molecule has 10 nitrogen and oxygen atoms in total. The van der Waals surface area contributed by atoms with Gasteiger partial charge < -0.3 is 26.6 Å². The summed E-state index contributed by atoms with van der Waals surface area (Å²) in [6.07, 6.45) is 0.678. The first kappa shape index (κ1) is 20.3. The van der Waals surface area contributed by atoms with Crippen molar-refractivity contribution >= 4 is 23.3 Å². The van der Waals surface area contributed by atoms with E-state index in [4.69, 9.17) is 21.5 Å². The molecular formula is C11H25BN4O6S. The number of hydrogen-bond acceptors (Lipinski definition) is 7. The number of rotatable bonds is 9. The molecule has 1 aliphatic rings. The highest BCUT2D eigenvalue weighted by Crippen LogP contribution is 2.31. The Morgan fingerprint density at radius 3 is 2.61 bits per heavy atom. The van der Waals surface area contributed by atoms with Crippen molar-refractivity contribution < 1.29 is 28.4 Å². The summed E-state index contributed by atoms with van der Waals surface area (Å²) in [6, 6.07) is -0.378. The van der Waals surface area contributed by atoms with Crippen LogP contribution >= 0.6 is 0 Å². The molecule has 0 bridgehead atoms. The third-order valence-corrected chi connectivity index (χ3v) is 5.42. The van der Waals surface area contributed by atoms with Crippen LogP contribution in [0.5, 0.6) is 0 Å². The molecule has 0 spiro atoms. The van der Waals surface area contributed by atoms with Gasteiger partial charge in [0.1, 0.15) is 5.54 Å². The first-order chi connectivity index (χ1) is 10.5. The zero-order valence-electron chi connectivity index (χ0n) is 13.1. The lowest BCUT2D eigenvalue weighted by atomic mass is 9.78. The maximum atomic E-state index is 12.2. The number of nitrogens with zero attached hydrogens (tertiary/aromatic N) is 1. The van der Waals surface area contributed by atoms with Crippen molar-refractivity contribution in [2.75, 3.05) is 19.6 Å². The van der Waals surface area contributed by atoms with E-state index in [1.165, 1.54) is 0 Å². The van der Waals surface area contributed by atoms with Crippen molar-refractivity contribution in [1.29, 1.82) is 0 Å². The minimum Gasteiger partial charge on any atom is -0.480 e. The molecule has 0 aliphatic carbocycles. The van der Waals surface area contributed by atoms with Crippen molar-refractivity contribution in [3.8, 4) is 0 Å². The molecule has 1 rings (SSSR count). The van der Waals surface area contributed by atoms with Crippen LogP contribution in [0.25, 0.3) is 0 Å². The lowest BCUT2D eigenvalue weighted by Gasteiger charge is -2.25. The van der Waals surface area contributed by atoms with Gasteiger partial charge in [-0.3, -0.25) is 4.79 Å². The summed E-state index contributed by atoms with van der Waals surface area (Å²) in [5.41, 5.74) is 9.73. The van der Waals surface area contributed by atoms with Crippen LogP contribution in [0.1, 0.15) is 19.8 Å². The van der Waals surface area contributed by atoms with Crippen molar-refractivity contribution in [3.63, 3.8) is 0 Å². The molecule has 0 aromatic carbocycles. The van der Waals surface area contributed by atoms with E-state index in [1.807, 2.05) is 0 Å². The van der Waals surface area contributed by atoms with Crippen molar-refractivity contribution in [1.82, 2.24) is 9.03 Å². The molecule has 12 heteroatoms. The van der Waals surface area contributed by atoms with E-state index in [9.17, 15) is 18.3 Å². The Morgan fingerprint density at radius 2 is 2.13 bits per heavy atom. The first-order valence-electron chi connectivity index (χ1n) is 7.37. The quantitative estimate of drug-likeness (QED) is 0.240. The molecule has 8 N–H and O–H groups in total. The van der Waals surface area contributed by atoms with Gasteiger partial charge in [-0.25, -0.2) is 4.72 Å². The van der Waals surface area contributed by atoms with Gasteiger partial charge in [0.2, 0.25) is 0 Å². The van der Waals surface area contributed by atoms with Crippen LogP contribution in [0.4, 0.5) is 0 Å². The monoisotopic (exact) mass is 352 g/mol. The molecule has 0 radical (unpaired) electrons. The fourth-order valence-electron chi connectivity index (χ4n) is 2.54. The molecule has 1 heterocycles. The minimum atomic E-state index is -3.87. The normalized spacial score (nSPS) is 27.1. The second kappa shape index (κ2) is 7.88. The van der Waals surface area contributed by atoms with E-state index in [1.54, 1.807) is 6.92 Å². The average Bonchev–Trinajstić information content (AvgIpc) is 2.76. The molecule has 1 aliphatic heterocycles. The Labute approximate surface area is 136 Å². The van der Waals surface area contributed by atoms with Crippen molar-refractivity contribution in [2.45, 2.75) is 37.7 Å². The van der Waals surface area contributed by atoms with Gasteiger partial charge in [-0.05, 0) is 19.7 Å². The van der Waals surface area contributed by atoms with Gasteiger partial charge in [0.05, 0.1) is 0 Å². The number of carboxylic acid groups (broad SMARTS) is 1. The van der Waals surface area contributed by atoms with Crippen LogP contribution in [0.15, 0.2) is 0 Å². The summed E-state index contributed by atoms with van der Waals surface area (Å²) in [4.78, 5) is 11.5. The SMILES string of the molecule is C[C@H](N)CNS(=O)(=O)N1C[C@H](CCCB(O)O)[C@](N)(C(=O)O)C1. The summed E-state index contributed by atoms with van der Waals surface area (Å²) in [5.74, 6) is -1.90. The van der Waals surface area contributed by atoms with E-state index < -0.39 is 34.8 Å². The molecular weight excluding hydrogens is 327 g/mol. The number of hydrogen-bond donors (Lipinski definition) is 6. The standard InChI is InChI=1S/C11H25BN4O6S/c1-8(13)5-15-23(21,22)16-6-9(3-2-4-12(19)20)11(14,7-16)10(17)18/h8-9,15,19-20H,2-7,13-14H2,1H3,(H,17,18)/t8-,9-,11-/m0/s1. The van der Waals surface area contributed by atoms with Gasteiger partial charge in [-0.2, -0.15) is 12.7 Å². The van der Waals surface area contributed by atoms with Gasteiger partial charge >= 0.3 is 13.1 Å². The van der Waals surface area contributed by atoms with Crippen LogP contribution in [-0.2, 0) is 15.0 Å². The largest absolute Gasteiger partial charge is 0.480 e. The summed E-state index contributed by atoms with van der Waals surface area (Å²) in [5, 5.41) is 27.1. The second-order valence-corrected chi connectivity index (χ2v) is 7.83. The smallest absolute Gasteiger partial charge is 0.451 e. The number of aliphatic carboxylic acids is 1. The van der Waals surface area contributed by atoms with Gasteiger partial charge in [0, 0.05) is 31.6 Å². The Hall–Kier alpha value is -0.755. The summed E-state index contributed by atoms with van der Waals surface area (Å²) in [7, 11) is -5.36. The Morgan fingerprint density at radius 1 is 1.52 bits per heavy atom. The topological polar surface area (TPSA) is 179 Å². The maximum absolute atomic E-state index is 12.2. The van der Waals surface area contributed by atoms with E-state index in [2.05, 4.69) is 4.72 Å². The van der Waals surface area contributed by atoms with Gasteiger partial charge in [-0.15, -0.1) is 0 Å². The van der Waals surface area contributed by atoms with Crippen LogP contribution in [-0.4, -0.2) is 72.2 Å². The molecule has 1 fully saturated rings. The first-order valence-corrected chi connectivity index (χ1v) is 8.81. The molecule has 3 atom stereocenters. The van der Waals surface area contributed by atoms with Crippen LogP contribution in [0.2, 0.25) is 6.32 Å². The summed E-state index contributed by atoms with van der Waals surface area (Å²) >= 11 is 0. The highest BCUT2D eigenvalue weighted by molar-refractivity contribution is 7.87. The predicted molar refractivity (Wildman–Crippen MR) is 84.4 cm³/mol. The molecule has 0 amide bonds. The summed E-state index contributed by atoms with van der Waals surface area (Å²) < 4.78 is 27.7. The minimum absolute atomic E-state index is 0.0326. The predicted octanol–water partition coefficient (Wildman–Crippen LogP) is -2.87. The molecule has 134 valence electrons. The van der Waals surface area contributed by atoms with E-state index in [0.717, 1.165) is 4.31 Å². The fraction of sp³-hybridized carbons (Fsp3) is 0.909. The third-order valence-electron chi connectivity index (χ3n) is 3.93. The van der Waals surface area contributed by atoms with E-state index in [-0.39, 0.29) is 38.4 Å². The Bertz CT molecular complexity index is 517. The molecule has 0 unspecified atom stereocenters. The zero-order chi connectivity index (χ0) is 17.8. The summed E-state index contributed by atoms with van der Waals surface area (Å²) in [6.45, 7) is 1.28. The lowest BCUT2D eigenvalue weighted by molar-refractivity contribution is -0.144. The van der Waals surface area contributed by atoms with Gasteiger partial charge in [0.15, 0.2) is 0 Å². The number of carboxylic acids is 1. The number of carbonyl (C=O) groups is 1. The van der Waals surface area contributed by atoms with E-state index >= 15 is 0 Å².